The Labute approximate surface area is 169 Å². The number of nitrogens with zero attached hydrogens (tertiary/aromatic N) is 1. The van der Waals surface area contributed by atoms with Crippen molar-refractivity contribution in [2.24, 2.45) is 0 Å². The van der Waals surface area contributed by atoms with Crippen LogP contribution in [0.15, 0.2) is 70.6 Å². The number of hydrogen-bond donors (Lipinski definition) is 2. The van der Waals surface area contributed by atoms with Crippen molar-refractivity contribution in [1.29, 1.82) is 0 Å². The summed E-state index contributed by atoms with van der Waals surface area (Å²) in [4.78, 5) is 0.247. The summed E-state index contributed by atoms with van der Waals surface area (Å²) < 4.78 is 32.7. The number of hydrogen-bond acceptors (Lipinski definition) is 5. The monoisotopic (exact) mass is 409 g/mol. The number of nitrogens with one attached hydrogen (secondary N) is 2. The topological polar surface area (TPSA) is 84.1 Å². The number of ether oxygens (including phenoxy) is 1. The molecule has 0 fully saturated rings. The Kier molecular flexibility index (Phi) is 5.25. The van der Waals surface area contributed by atoms with Crippen molar-refractivity contribution in [2.75, 3.05) is 13.2 Å². The fourth-order valence-electron chi connectivity index (χ4n) is 3.31. The molecule has 1 heterocycles. The Morgan fingerprint density at radius 3 is 2.66 bits per heavy atom. The molecule has 29 heavy (non-hydrogen) atoms. The summed E-state index contributed by atoms with van der Waals surface area (Å²) in [5, 5.41) is 12.3. The molecule has 0 radical (unpaired) electrons. The van der Waals surface area contributed by atoms with Crippen LogP contribution in [0.3, 0.4) is 0 Å². The van der Waals surface area contributed by atoms with Crippen LogP contribution in [0.4, 0.5) is 0 Å². The van der Waals surface area contributed by atoms with Crippen molar-refractivity contribution in [2.45, 2.75) is 29.8 Å². The SMILES string of the molecule is CC(C)NCCOc1ccc2[nH]nc(S(=O)(=O)c3cccc4ccccc34)c2c1. The summed E-state index contributed by atoms with van der Waals surface area (Å²) in [7, 11) is -3.81. The molecular formula is C22H23N3O3S. The molecule has 150 valence electrons. The molecule has 0 amide bonds. The first-order valence-corrected chi connectivity index (χ1v) is 11.0. The Hall–Kier alpha value is -2.90. The van der Waals surface area contributed by atoms with Crippen LogP contribution in [-0.4, -0.2) is 37.8 Å². The van der Waals surface area contributed by atoms with E-state index in [1.54, 1.807) is 24.3 Å². The van der Waals surface area contributed by atoms with Gasteiger partial charge in [0.05, 0.1) is 10.4 Å². The summed E-state index contributed by atoms with van der Waals surface area (Å²) in [6.07, 6.45) is 0. The average molecular weight is 410 g/mol. The molecule has 1 aromatic heterocycles. The summed E-state index contributed by atoms with van der Waals surface area (Å²) in [5.41, 5.74) is 0.650. The summed E-state index contributed by atoms with van der Waals surface area (Å²) in [6.45, 7) is 5.35. The van der Waals surface area contributed by atoms with E-state index in [2.05, 4.69) is 29.4 Å². The number of benzene rings is 3. The Balaban J connectivity index is 1.72. The lowest BCUT2D eigenvalue weighted by molar-refractivity contribution is 0.309. The van der Waals surface area contributed by atoms with E-state index in [4.69, 9.17) is 4.74 Å². The lowest BCUT2D eigenvalue weighted by atomic mass is 10.1. The maximum atomic E-state index is 13.4. The summed E-state index contributed by atoms with van der Waals surface area (Å²) in [6, 6.07) is 18.4. The van der Waals surface area contributed by atoms with E-state index >= 15 is 0 Å². The Morgan fingerprint density at radius 2 is 1.83 bits per heavy atom. The van der Waals surface area contributed by atoms with Crippen molar-refractivity contribution in [3.8, 4) is 5.75 Å². The minimum absolute atomic E-state index is 0.00890. The largest absolute Gasteiger partial charge is 0.492 e. The van der Waals surface area contributed by atoms with E-state index in [1.807, 2.05) is 36.4 Å². The van der Waals surface area contributed by atoms with E-state index < -0.39 is 9.84 Å². The highest BCUT2D eigenvalue weighted by Crippen LogP contribution is 2.32. The van der Waals surface area contributed by atoms with Crippen LogP contribution in [0, 0.1) is 0 Å². The fraction of sp³-hybridized carbons (Fsp3) is 0.227. The molecule has 0 aliphatic heterocycles. The van der Waals surface area contributed by atoms with Gasteiger partial charge in [0.25, 0.3) is 0 Å². The number of aromatic nitrogens is 2. The fourth-order valence-corrected chi connectivity index (χ4v) is 4.88. The second kappa shape index (κ2) is 7.85. The van der Waals surface area contributed by atoms with Crippen molar-refractivity contribution < 1.29 is 13.2 Å². The van der Waals surface area contributed by atoms with E-state index in [0.29, 0.717) is 41.2 Å². The maximum absolute atomic E-state index is 13.4. The van der Waals surface area contributed by atoms with Crippen molar-refractivity contribution in [1.82, 2.24) is 15.5 Å². The van der Waals surface area contributed by atoms with Gasteiger partial charge >= 0.3 is 0 Å². The predicted octanol–water partition coefficient (Wildman–Crippen LogP) is 3.93. The first kappa shape index (κ1) is 19.4. The molecule has 0 aliphatic carbocycles. The second-order valence-electron chi connectivity index (χ2n) is 7.17. The van der Waals surface area contributed by atoms with Gasteiger partial charge in [-0.05, 0) is 29.7 Å². The number of fused-ring (bicyclic) bond motifs is 2. The number of sulfone groups is 1. The van der Waals surface area contributed by atoms with Crippen LogP contribution in [0.5, 0.6) is 5.75 Å². The molecule has 0 atom stereocenters. The molecule has 0 spiro atoms. The van der Waals surface area contributed by atoms with Crippen molar-refractivity contribution >= 4 is 31.5 Å². The molecule has 0 aliphatic rings. The first-order chi connectivity index (χ1) is 14.0. The molecule has 4 rings (SSSR count). The van der Waals surface area contributed by atoms with Gasteiger partial charge in [-0.1, -0.05) is 50.2 Å². The highest BCUT2D eigenvalue weighted by atomic mass is 32.2. The molecular weight excluding hydrogens is 386 g/mol. The van der Waals surface area contributed by atoms with Crippen LogP contribution >= 0.6 is 0 Å². The zero-order valence-electron chi connectivity index (χ0n) is 16.3. The minimum Gasteiger partial charge on any atom is -0.492 e. The molecule has 0 saturated heterocycles. The van der Waals surface area contributed by atoms with Gasteiger partial charge in [-0.25, -0.2) is 8.42 Å². The molecule has 0 bridgehead atoms. The minimum atomic E-state index is -3.81. The van der Waals surface area contributed by atoms with Crippen LogP contribution in [-0.2, 0) is 9.84 Å². The molecule has 0 saturated carbocycles. The maximum Gasteiger partial charge on any atom is 0.226 e. The van der Waals surface area contributed by atoms with Crippen LogP contribution < -0.4 is 10.1 Å². The first-order valence-electron chi connectivity index (χ1n) is 9.54. The van der Waals surface area contributed by atoms with Crippen molar-refractivity contribution in [3.05, 3.63) is 60.7 Å². The van der Waals surface area contributed by atoms with E-state index in [-0.39, 0.29) is 9.92 Å². The van der Waals surface area contributed by atoms with Gasteiger partial charge in [0.1, 0.15) is 12.4 Å². The molecule has 3 aromatic carbocycles. The zero-order chi connectivity index (χ0) is 20.4. The third-order valence-electron chi connectivity index (χ3n) is 4.72. The zero-order valence-corrected chi connectivity index (χ0v) is 17.2. The van der Waals surface area contributed by atoms with Gasteiger partial charge < -0.3 is 10.1 Å². The van der Waals surface area contributed by atoms with Gasteiger partial charge in [0.15, 0.2) is 5.03 Å². The second-order valence-corrected chi connectivity index (χ2v) is 9.01. The Morgan fingerprint density at radius 1 is 1.03 bits per heavy atom. The number of rotatable bonds is 7. The van der Waals surface area contributed by atoms with Gasteiger partial charge in [0, 0.05) is 23.4 Å². The molecule has 4 aromatic rings. The van der Waals surface area contributed by atoms with Crippen LogP contribution in [0.2, 0.25) is 0 Å². The number of aromatic amines is 1. The van der Waals surface area contributed by atoms with Gasteiger partial charge in [-0.2, -0.15) is 5.10 Å². The third-order valence-corrected chi connectivity index (χ3v) is 6.47. The standard InChI is InChI=1S/C22H23N3O3S/c1-15(2)23-12-13-28-17-10-11-20-19(14-17)22(25-24-20)29(26,27)21-9-5-7-16-6-3-4-8-18(16)21/h3-11,14-15,23H,12-13H2,1-2H3,(H,24,25). The van der Waals surface area contributed by atoms with Gasteiger partial charge in [-0.3, -0.25) is 5.10 Å². The Bertz CT molecular complexity index is 1260. The van der Waals surface area contributed by atoms with Gasteiger partial charge in [0.2, 0.25) is 9.84 Å². The third kappa shape index (κ3) is 3.83. The average Bonchev–Trinajstić information content (AvgIpc) is 3.15. The molecule has 2 N–H and O–H groups in total. The molecule has 0 unspecified atom stereocenters. The molecule has 7 heteroatoms. The van der Waals surface area contributed by atoms with Crippen LogP contribution in [0.1, 0.15) is 13.8 Å². The van der Waals surface area contributed by atoms with Gasteiger partial charge in [-0.15, -0.1) is 0 Å². The predicted molar refractivity (Wildman–Crippen MR) is 114 cm³/mol. The highest BCUT2D eigenvalue weighted by Gasteiger charge is 2.25. The summed E-state index contributed by atoms with van der Waals surface area (Å²) >= 11 is 0. The normalized spacial score (nSPS) is 12.1. The number of H-pyrrole nitrogens is 1. The highest BCUT2D eigenvalue weighted by molar-refractivity contribution is 7.91. The van der Waals surface area contributed by atoms with E-state index in [1.165, 1.54) is 0 Å². The molecule has 6 nitrogen and oxygen atoms in total. The van der Waals surface area contributed by atoms with E-state index in [0.717, 1.165) is 5.39 Å². The quantitative estimate of drug-likeness (QED) is 0.452. The van der Waals surface area contributed by atoms with Crippen LogP contribution in [0.25, 0.3) is 21.7 Å². The van der Waals surface area contributed by atoms with Crippen molar-refractivity contribution in [3.63, 3.8) is 0 Å². The van der Waals surface area contributed by atoms with E-state index in [9.17, 15) is 8.42 Å². The summed E-state index contributed by atoms with van der Waals surface area (Å²) in [5.74, 6) is 0.610. The lowest BCUT2D eigenvalue weighted by Gasteiger charge is -2.10. The smallest absolute Gasteiger partial charge is 0.226 e. The lowest BCUT2D eigenvalue weighted by Crippen LogP contribution is -2.27.